The summed E-state index contributed by atoms with van der Waals surface area (Å²) in [5.41, 5.74) is 10.3. The van der Waals surface area contributed by atoms with Gasteiger partial charge < -0.3 is 27.7 Å². The lowest BCUT2D eigenvalue weighted by molar-refractivity contribution is -0.696. The number of benzene rings is 2. The van der Waals surface area contributed by atoms with Crippen LogP contribution in [-0.2, 0) is 11.3 Å². The summed E-state index contributed by atoms with van der Waals surface area (Å²) in [7, 11) is 0. The van der Waals surface area contributed by atoms with Gasteiger partial charge in [-0.05, 0) is 49.3 Å². The molecule has 2 aromatic heterocycles. The first-order chi connectivity index (χ1) is 13.1. The fraction of sp³-hybridized carbons (Fsp3) is 0.304. The van der Waals surface area contributed by atoms with Gasteiger partial charge in [-0.2, -0.15) is 0 Å². The van der Waals surface area contributed by atoms with E-state index in [-0.39, 0.29) is 22.9 Å². The molecule has 0 aliphatic rings. The van der Waals surface area contributed by atoms with Gasteiger partial charge in [0, 0.05) is 35.2 Å². The van der Waals surface area contributed by atoms with E-state index in [9.17, 15) is 4.79 Å². The van der Waals surface area contributed by atoms with Crippen LogP contribution >= 0.6 is 0 Å². The van der Waals surface area contributed by atoms with E-state index < -0.39 is 0 Å². The molecule has 0 spiro atoms. The number of halogens is 1. The predicted molar refractivity (Wildman–Crippen MR) is 111 cm³/mol. The van der Waals surface area contributed by atoms with Gasteiger partial charge in [0.25, 0.3) is 0 Å². The highest BCUT2D eigenvalue weighted by atomic mass is 79.9. The molecule has 0 fully saturated rings. The van der Waals surface area contributed by atoms with Crippen LogP contribution in [0.3, 0.4) is 0 Å². The van der Waals surface area contributed by atoms with Gasteiger partial charge in [0.05, 0.1) is 10.9 Å². The summed E-state index contributed by atoms with van der Waals surface area (Å²) in [6.45, 7) is 5.38. The van der Waals surface area contributed by atoms with Crippen molar-refractivity contribution in [3.8, 4) is 0 Å². The number of primary amides is 1. The van der Waals surface area contributed by atoms with E-state index in [1.165, 1.54) is 43.7 Å². The number of para-hydroxylation sites is 1. The van der Waals surface area contributed by atoms with Crippen LogP contribution in [0.25, 0.3) is 32.6 Å². The van der Waals surface area contributed by atoms with Gasteiger partial charge in [0.15, 0.2) is 12.4 Å². The molecule has 3 N–H and O–H groups in total. The molecule has 0 saturated heterocycles. The Labute approximate surface area is 175 Å². The van der Waals surface area contributed by atoms with Gasteiger partial charge in [-0.15, -0.1) is 0 Å². The maximum Gasteiger partial charge on any atom is 0.217 e. The van der Waals surface area contributed by atoms with Gasteiger partial charge in [-0.25, -0.2) is 4.57 Å². The first kappa shape index (κ1) is 20.3. The highest BCUT2D eigenvalue weighted by Crippen LogP contribution is 2.35. The lowest BCUT2D eigenvalue weighted by Crippen LogP contribution is -3.00. The summed E-state index contributed by atoms with van der Waals surface area (Å²) in [5, 5.41) is 5.24. The number of carbonyl (C=O) groups excluding carboxylic acids is 1. The topological polar surface area (TPSA) is 62.8 Å². The van der Waals surface area contributed by atoms with Crippen molar-refractivity contribution in [1.29, 1.82) is 0 Å². The number of rotatable bonds is 6. The molecule has 0 unspecified atom stereocenters. The number of unbranched alkanes of at least 4 members (excludes halogenated alkanes) is 2. The van der Waals surface area contributed by atoms with Gasteiger partial charge in [-0.1, -0.05) is 18.2 Å². The number of pyridine rings is 1. The number of H-pyrrole nitrogens is 1. The molecule has 146 valence electrons. The number of nitrogens with two attached hydrogens (primary N) is 1. The Morgan fingerprint density at radius 2 is 1.79 bits per heavy atom. The molecule has 1 amide bonds. The van der Waals surface area contributed by atoms with Gasteiger partial charge in [0.1, 0.15) is 6.54 Å². The smallest absolute Gasteiger partial charge is 0.217 e. The third kappa shape index (κ3) is 3.63. The summed E-state index contributed by atoms with van der Waals surface area (Å²) in [5.74, 6) is -0.207. The van der Waals surface area contributed by atoms with Crippen LogP contribution in [-0.4, -0.2) is 10.9 Å². The quantitative estimate of drug-likeness (QED) is 0.346. The number of hydrogen-bond acceptors (Lipinski definition) is 1. The molecular formula is C23H26BrN3O. The minimum atomic E-state index is -0.207. The zero-order valence-electron chi connectivity index (χ0n) is 16.4. The van der Waals surface area contributed by atoms with Crippen LogP contribution in [0, 0.1) is 13.8 Å². The standard InChI is InChI=1S/C23H25N3O.BrH/c1-15-17-11-13-26(12-7-3-4-10-21(24)27)14-19(17)16(2)23-22(15)18-8-5-6-9-20(18)25-23;/h5-6,8-9,11,13-14H,3-4,7,10,12H2,1-2H3,(H2,24,27);1H. The van der Waals surface area contributed by atoms with Crippen molar-refractivity contribution >= 4 is 38.5 Å². The SMILES string of the molecule is Cc1c2c[n+](CCCCCC(N)=O)ccc2c(C)c2c1[nH]c1ccccc12.[Br-]. The zero-order chi connectivity index (χ0) is 19.0. The molecule has 28 heavy (non-hydrogen) atoms. The molecule has 2 aromatic carbocycles. The van der Waals surface area contributed by atoms with Crippen molar-refractivity contribution in [3.63, 3.8) is 0 Å². The van der Waals surface area contributed by atoms with Crippen LogP contribution in [0.5, 0.6) is 0 Å². The van der Waals surface area contributed by atoms with Crippen molar-refractivity contribution in [3.05, 3.63) is 53.9 Å². The number of aromatic amines is 1. The average Bonchev–Trinajstić information content (AvgIpc) is 3.05. The normalized spacial score (nSPS) is 11.2. The lowest BCUT2D eigenvalue weighted by Gasteiger charge is -2.08. The van der Waals surface area contributed by atoms with E-state index >= 15 is 0 Å². The Hall–Kier alpha value is -2.40. The van der Waals surface area contributed by atoms with E-state index in [1.807, 2.05) is 0 Å². The summed E-state index contributed by atoms with van der Waals surface area (Å²) in [6, 6.07) is 10.8. The van der Waals surface area contributed by atoms with E-state index in [4.69, 9.17) is 5.73 Å². The first-order valence-electron chi connectivity index (χ1n) is 9.67. The highest BCUT2D eigenvalue weighted by Gasteiger charge is 2.16. The maximum absolute atomic E-state index is 10.8. The number of amides is 1. The van der Waals surface area contributed by atoms with E-state index in [0.717, 1.165) is 25.8 Å². The number of nitrogens with zero attached hydrogens (tertiary/aromatic N) is 1. The third-order valence-electron chi connectivity index (χ3n) is 5.62. The van der Waals surface area contributed by atoms with Crippen molar-refractivity contribution in [2.75, 3.05) is 0 Å². The molecule has 5 heteroatoms. The molecule has 0 radical (unpaired) electrons. The molecule has 0 aliphatic heterocycles. The number of nitrogens with one attached hydrogen (secondary N) is 1. The summed E-state index contributed by atoms with van der Waals surface area (Å²) < 4.78 is 2.26. The fourth-order valence-corrected chi connectivity index (χ4v) is 4.16. The number of aromatic nitrogens is 2. The number of aryl methyl sites for hydroxylation is 3. The second kappa shape index (κ2) is 8.31. The van der Waals surface area contributed by atoms with E-state index in [1.54, 1.807) is 0 Å². The first-order valence-corrected chi connectivity index (χ1v) is 9.67. The monoisotopic (exact) mass is 439 g/mol. The van der Waals surface area contributed by atoms with Crippen LogP contribution in [0.4, 0.5) is 0 Å². The Kier molecular flexibility index (Phi) is 6.04. The molecule has 0 aliphatic carbocycles. The van der Waals surface area contributed by atoms with Gasteiger partial charge in [-0.3, -0.25) is 4.79 Å². The van der Waals surface area contributed by atoms with Crippen molar-refractivity contribution < 1.29 is 26.3 Å². The second-order valence-electron chi connectivity index (χ2n) is 7.46. The van der Waals surface area contributed by atoms with Crippen molar-refractivity contribution in [2.24, 2.45) is 5.73 Å². The molecule has 4 nitrogen and oxygen atoms in total. The number of hydrogen-bond donors (Lipinski definition) is 2. The van der Waals surface area contributed by atoms with E-state index in [0.29, 0.717) is 6.42 Å². The van der Waals surface area contributed by atoms with Crippen LogP contribution < -0.4 is 27.3 Å². The van der Waals surface area contributed by atoms with Gasteiger partial charge in [0.2, 0.25) is 5.91 Å². The summed E-state index contributed by atoms with van der Waals surface area (Å²) in [4.78, 5) is 14.5. The Bertz CT molecular complexity index is 1160. The molecule has 0 bridgehead atoms. The second-order valence-corrected chi connectivity index (χ2v) is 7.46. The molecule has 4 rings (SSSR count). The van der Waals surface area contributed by atoms with Crippen LogP contribution in [0.15, 0.2) is 42.7 Å². The molecule has 4 aromatic rings. The van der Waals surface area contributed by atoms with Crippen LogP contribution in [0.1, 0.15) is 36.8 Å². The fourth-order valence-electron chi connectivity index (χ4n) is 4.16. The summed E-state index contributed by atoms with van der Waals surface area (Å²) in [6.07, 6.45) is 7.86. The molecule has 0 atom stereocenters. The Morgan fingerprint density at radius 3 is 2.57 bits per heavy atom. The largest absolute Gasteiger partial charge is 1.00 e. The molecule has 0 saturated carbocycles. The summed E-state index contributed by atoms with van der Waals surface area (Å²) >= 11 is 0. The van der Waals surface area contributed by atoms with Crippen LogP contribution in [0.2, 0.25) is 0 Å². The minimum Gasteiger partial charge on any atom is -1.00 e. The molecule has 2 heterocycles. The van der Waals surface area contributed by atoms with Crippen molar-refractivity contribution in [1.82, 2.24) is 4.98 Å². The van der Waals surface area contributed by atoms with Gasteiger partial charge >= 0.3 is 0 Å². The van der Waals surface area contributed by atoms with E-state index in [2.05, 4.69) is 66.1 Å². The number of carbonyl (C=O) groups is 1. The maximum atomic E-state index is 10.8. The predicted octanol–water partition coefficient (Wildman–Crippen LogP) is 1.43. The lowest BCUT2D eigenvalue weighted by atomic mass is 9.97. The Balaban J connectivity index is 0.00000225. The number of fused-ring (bicyclic) bond motifs is 4. The Morgan fingerprint density at radius 1 is 1.00 bits per heavy atom. The van der Waals surface area contributed by atoms with Crippen molar-refractivity contribution in [2.45, 2.75) is 46.1 Å². The average molecular weight is 440 g/mol. The minimum absolute atomic E-state index is 0. The third-order valence-corrected chi connectivity index (χ3v) is 5.62. The highest BCUT2D eigenvalue weighted by molar-refractivity contribution is 6.16. The zero-order valence-corrected chi connectivity index (χ0v) is 18.0. The molecular weight excluding hydrogens is 414 g/mol.